The molecule has 26 heavy (non-hydrogen) atoms. The van der Waals surface area contributed by atoms with Crippen LogP contribution in [0.5, 0.6) is 5.75 Å². The molecule has 2 rings (SSSR count). The summed E-state index contributed by atoms with van der Waals surface area (Å²) >= 11 is 5.94. The number of ether oxygens (including phenoxy) is 1. The van der Waals surface area contributed by atoms with Gasteiger partial charge in [-0.1, -0.05) is 24.1 Å². The van der Waals surface area contributed by atoms with Crippen molar-refractivity contribution in [3.63, 3.8) is 0 Å². The molecule has 0 spiro atoms. The van der Waals surface area contributed by atoms with Crippen molar-refractivity contribution < 1.29 is 17.9 Å². The first-order valence-corrected chi connectivity index (χ1v) is 8.57. The van der Waals surface area contributed by atoms with Gasteiger partial charge < -0.3 is 15.4 Å². The largest absolute Gasteiger partial charge is 0.496 e. The number of nitrogens with zero attached hydrogens (tertiary/aromatic N) is 1. The third kappa shape index (κ3) is 6.68. The predicted octanol–water partition coefficient (Wildman–Crippen LogP) is 4.75. The predicted molar refractivity (Wildman–Crippen MR) is 109 cm³/mol. The van der Waals surface area contributed by atoms with Crippen molar-refractivity contribution in [2.45, 2.75) is 44.4 Å². The van der Waals surface area contributed by atoms with Gasteiger partial charge in [0.1, 0.15) is 5.75 Å². The van der Waals surface area contributed by atoms with E-state index in [-0.39, 0.29) is 42.9 Å². The summed E-state index contributed by atoms with van der Waals surface area (Å²) in [6, 6.07) is 5.07. The SMILES string of the molecule is CN=C(NCc1ccc(Cl)cc1OC)NC1CCCC(C(F)(F)F)C1.I. The molecule has 9 heteroatoms. The maximum absolute atomic E-state index is 12.9. The summed E-state index contributed by atoms with van der Waals surface area (Å²) in [5, 5.41) is 6.79. The normalized spacial score (nSPS) is 20.9. The second-order valence-electron chi connectivity index (χ2n) is 6.13. The zero-order valence-electron chi connectivity index (χ0n) is 14.7. The molecule has 0 bridgehead atoms. The molecule has 0 aliphatic heterocycles. The molecule has 0 radical (unpaired) electrons. The minimum atomic E-state index is -4.13. The molecule has 2 unspecified atom stereocenters. The maximum atomic E-state index is 12.9. The molecule has 1 aromatic carbocycles. The minimum Gasteiger partial charge on any atom is -0.496 e. The molecule has 1 fully saturated rings. The Morgan fingerprint density at radius 3 is 2.69 bits per heavy atom. The van der Waals surface area contributed by atoms with Crippen LogP contribution in [0.1, 0.15) is 31.2 Å². The molecule has 1 aromatic rings. The molecule has 4 nitrogen and oxygen atoms in total. The highest BCUT2D eigenvalue weighted by Gasteiger charge is 2.42. The molecule has 1 aliphatic carbocycles. The number of hydrogen-bond donors (Lipinski definition) is 2. The highest BCUT2D eigenvalue weighted by atomic mass is 127. The van der Waals surface area contributed by atoms with Crippen LogP contribution < -0.4 is 15.4 Å². The number of guanidine groups is 1. The van der Waals surface area contributed by atoms with Gasteiger partial charge in [0.2, 0.25) is 0 Å². The van der Waals surface area contributed by atoms with Gasteiger partial charge in [0.15, 0.2) is 5.96 Å². The smallest absolute Gasteiger partial charge is 0.391 e. The van der Waals surface area contributed by atoms with E-state index in [0.717, 1.165) is 5.56 Å². The topological polar surface area (TPSA) is 45.7 Å². The third-order valence-electron chi connectivity index (χ3n) is 4.40. The average molecular weight is 506 g/mol. The molecule has 0 saturated heterocycles. The van der Waals surface area contributed by atoms with Gasteiger partial charge in [-0.05, 0) is 31.4 Å². The van der Waals surface area contributed by atoms with E-state index >= 15 is 0 Å². The van der Waals surface area contributed by atoms with E-state index in [4.69, 9.17) is 16.3 Å². The summed E-state index contributed by atoms with van der Waals surface area (Å²) in [6.07, 6.45) is -2.58. The Kier molecular flexibility index (Phi) is 9.29. The number of rotatable bonds is 4. The Hall–Kier alpha value is -0.900. The second-order valence-corrected chi connectivity index (χ2v) is 6.56. The lowest BCUT2D eigenvalue weighted by Crippen LogP contribution is -2.46. The second kappa shape index (κ2) is 10.4. The van der Waals surface area contributed by atoms with Gasteiger partial charge in [0, 0.05) is 30.2 Å². The van der Waals surface area contributed by atoms with Crippen LogP contribution in [0.25, 0.3) is 0 Å². The molecule has 1 aliphatic rings. The average Bonchev–Trinajstić information content (AvgIpc) is 2.58. The van der Waals surface area contributed by atoms with E-state index in [1.807, 2.05) is 6.07 Å². The van der Waals surface area contributed by atoms with Crippen molar-refractivity contribution >= 4 is 41.5 Å². The van der Waals surface area contributed by atoms with Crippen LogP contribution in [0.4, 0.5) is 13.2 Å². The molecule has 0 heterocycles. The van der Waals surface area contributed by atoms with Crippen LogP contribution in [0.15, 0.2) is 23.2 Å². The van der Waals surface area contributed by atoms with E-state index in [2.05, 4.69) is 15.6 Å². The number of aliphatic imine (C=N–C) groups is 1. The number of hydrogen-bond acceptors (Lipinski definition) is 2. The molecule has 2 N–H and O–H groups in total. The fourth-order valence-electron chi connectivity index (χ4n) is 3.05. The number of alkyl halides is 3. The van der Waals surface area contributed by atoms with Gasteiger partial charge in [0.05, 0.1) is 13.0 Å². The maximum Gasteiger partial charge on any atom is 0.391 e. The van der Waals surface area contributed by atoms with Crippen molar-refractivity contribution in [1.29, 1.82) is 0 Å². The molecular formula is C17H24ClF3IN3O. The molecule has 0 aromatic heterocycles. The van der Waals surface area contributed by atoms with Gasteiger partial charge >= 0.3 is 6.18 Å². The summed E-state index contributed by atoms with van der Waals surface area (Å²) in [4.78, 5) is 4.10. The summed E-state index contributed by atoms with van der Waals surface area (Å²) in [6.45, 7) is 0.426. The summed E-state index contributed by atoms with van der Waals surface area (Å²) in [7, 11) is 3.15. The first kappa shape index (κ1) is 23.1. The quantitative estimate of drug-likeness (QED) is 0.353. The Balaban J connectivity index is 0.00000338. The van der Waals surface area contributed by atoms with Crippen LogP contribution in [-0.4, -0.2) is 32.3 Å². The Morgan fingerprint density at radius 2 is 2.08 bits per heavy atom. The molecule has 148 valence electrons. The van der Waals surface area contributed by atoms with Crippen molar-refractivity contribution in [3.8, 4) is 5.75 Å². The van der Waals surface area contributed by atoms with E-state index in [0.29, 0.717) is 36.1 Å². The van der Waals surface area contributed by atoms with Crippen LogP contribution in [0, 0.1) is 5.92 Å². The lowest BCUT2D eigenvalue weighted by Gasteiger charge is -2.32. The monoisotopic (exact) mass is 505 g/mol. The van der Waals surface area contributed by atoms with E-state index in [1.165, 1.54) is 0 Å². The van der Waals surface area contributed by atoms with Crippen molar-refractivity contribution in [3.05, 3.63) is 28.8 Å². The summed E-state index contributed by atoms with van der Waals surface area (Å²) < 4.78 is 44.0. The first-order valence-electron chi connectivity index (χ1n) is 8.19. The Bertz CT molecular complexity index is 613. The fourth-order valence-corrected chi connectivity index (χ4v) is 3.21. The minimum absolute atomic E-state index is 0. The van der Waals surface area contributed by atoms with E-state index < -0.39 is 12.1 Å². The van der Waals surface area contributed by atoms with Gasteiger partial charge in [-0.25, -0.2) is 0 Å². The van der Waals surface area contributed by atoms with Gasteiger partial charge in [-0.2, -0.15) is 13.2 Å². The van der Waals surface area contributed by atoms with Crippen molar-refractivity contribution in [2.75, 3.05) is 14.2 Å². The summed E-state index contributed by atoms with van der Waals surface area (Å²) in [5.41, 5.74) is 0.881. The first-order chi connectivity index (χ1) is 11.8. The highest BCUT2D eigenvalue weighted by molar-refractivity contribution is 14.0. The molecule has 2 atom stereocenters. The van der Waals surface area contributed by atoms with Crippen molar-refractivity contribution in [1.82, 2.24) is 10.6 Å². The Morgan fingerprint density at radius 1 is 1.35 bits per heavy atom. The van der Waals surface area contributed by atoms with Crippen LogP contribution >= 0.6 is 35.6 Å². The number of methoxy groups -OCH3 is 1. The molecule has 0 amide bonds. The fraction of sp³-hybridized carbons (Fsp3) is 0.588. The zero-order chi connectivity index (χ0) is 18.4. The molecular weight excluding hydrogens is 482 g/mol. The highest BCUT2D eigenvalue weighted by Crippen LogP contribution is 2.37. The van der Waals surface area contributed by atoms with Gasteiger partial charge in [0.25, 0.3) is 0 Å². The number of nitrogens with one attached hydrogen (secondary N) is 2. The van der Waals surface area contributed by atoms with Crippen LogP contribution in [0.2, 0.25) is 5.02 Å². The standard InChI is InChI=1S/C17H23ClF3N3O.HI/c1-22-16(23-10-11-6-7-13(18)9-15(11)25-2)24-14-5-3-4-12(8-14)17(19,20)21;/h6-7,9,12,14H,3-5,8,10H2,1-2H3,(H2,22,23,24);1H. The summed E-state index contributed by atoms with van der Waals surface area (Å²) in [5.74, 6) is -0.122. The lowest BCUT2D eigenvalue weighted by atomic mass is 9.85. The lowest BCUT2D eigenvalue weighted by molar-refractivity contribution is -0.183. The number of halogens is 5. The van der Waals surface area contributed by atoms with Crippen LogP contribution in [0.3, 0.4) is 0 Å². The van der Waals surface area contributed by atoms with E-state index in [9.17, 15) is 13.2 Å². The van der Waals surface area contributed by atoms with Crippen LogP contribution in [-0.2, 0) is 6.54 Å². The van der Waals surface area contributed by atoms with Crippen molar-refractivity contribution in [2.24, 2.45) is 10.9 Å². The van der Waals surface area contributed by atoms with E-state index in [1.54, 1.807) is 26.3 Å². The zero-order valence-corrected chi connectivity index (χ0v) is 17.8. The number of benzene rings is 1. The van der Waals surface area contributed by atoms with Gasteiger partial charge in [-0.3, -0.25) is 4.99 Å². The third-order valence-corrected chi connectivity index (χ3v) is 4.63. The molecule has 1 saturated carbocycles. The Labute approximate surface area is 173 Å². The van der Waals surface area contributed by atoms with Gasteiger partial charge in [-0.15, -0.1) is 24.0 Å².